The van der Waals surface area contributed by atoms with Crippen LogP contribution in [0.1, 0.15) is 25.3 Å². The van der Waals surface area contributed by atoms with E-state index < -0.39 is 0 Å². The minimum Gasteiger partial charge on any atom is -0.479 e. The van der Waals surface area contributed by atoms with Crippen molar-refractivity contribution in [3.63, 3.8) is 0 Å². The van der Waals surface area contributed by atoms with E-state index in [2.05, 4.69) is 50.1 Å². The Bertz CT molecular complexity index is 698. The van der Waals surface area contributed by atoms with E-state index in [1.807, 2.05) is 16.8 Å². The molecule has 0 atom stereocenters. The Morgan fingerprint density at radius 1 is 1.17 bits per heavy atom. The number of aromatic nitrogens is 2. The van der Waals surface area contributed by atoms with E-state index in [1.165, 1.54) is 16.5 Å². The van der Waals surface area contributed by atoms with Gasteiger partial charge in [-0.25, -0.2) is 0 Å². The maximum atomic E-state index is 4.47. The Balaban J connectivity index is 0.00000120. The van der Waals surface area contributed by atoms with Crippen molar-refractivity contribution in [3.8, 4) is 0 Å². The van der Waals surface area contributed by atoms with Crippen molar-refractivity contribution < 1.29 is 32.7 Å². The molecule has 0 unspecified atom stereocenters. The van der Waals surface area contributed by atoms with Crippen LogP contribution in [-0.2, 0) is 32.7 Å². The first kappa shape index (κ1) is 13.6. The van der Waals surface area contributed by atoms with Gasteiger partial charge in [0.2, 0.25) is 0 Å². The molecule has 0 fully saturated rings. The fourth-order valence-corrected chi connectivity index (χ4v) is 2.46. The fourth-order valence-electron chi connectivity index (χ4n) is 2.46. The summed E-state index contributed by atoms with van der Waals surface area (Å²) in [6.45, 7) is 4.42. The standard InChI is InChI=1S/C15H15N2.Y/c1-10(2)11-6-4-7-12-14-13(8-5-9-16-14)17(3)15(11)12;/h4-10H,3H2,1-2H3;/q-1;. The summed E-state index contributed by atoms with van der Waals surface area (Å²) in [5.41, 5.74) is 4.67. The Hall–Kier alpha value is -0.856. The first-order chi connectivity index (χ1) is 8.20. The van der Waals surface area contributed by atoms with Gasteiger partial charge in [0.1, 0.15) is 0 Å². The van der Waals surface area contributed by atoms with Crippen LogP contribution in [0.3, 0.4) is 0 Å². The molecule has 0 bridgehead atoms. The summed E-state index contributed by atoms with van der Waals surface area (Å²) >= 11 is 0. The molecule has 0 N–H and O–H groups in total. The second-order valence-corrected chi connectivity index (χ2v) is 4.70. The molecule has 3 aromatic rings. The molecule has 0 aliphatic carbocycles. The molecule has 0 amide bonds. The maximum absolute atomic E-state index is 4.47. The van der Waals surface area contributed by atoms with Crippen molar-refractivity contribution in [3.05, 3.63) is 49.1 Å². The van der Waals surface area contributed by atoms with Crippen LogP contribution < -0.4 is 0 Å². The molecule has 0 saturated heterocycles. The zero-order valence-electron chi connectivity index (χ0n) is 10.7. The smallest absolute Gasteiger partial charge is 0.0286 e. The molecule has 2 heterocycles. The quantitative estimate of drug-likeness (QED) is 0.622. The van der Waals surface area contributed by atoms with Crippen molar-refractivity contribution in [2.45, 2.75) is 19.8 Å². The van der Waals surface area contributed by atoms with Gasteiger partial charge in [0.05, 0.1) is 0 Å². The van der Waals surface area contributed by atoms with Crippen LogP contribution >= 0.6 is 0 Å². The van der Waals surface area contributed by atoms with Gasteiger partial charge in [-0.15, -0.1) is 7.05 Å². The summed E-state index contributed by atoms with van der Waals surface area (Å²) in [5.74, 6) is 0.489. The second kappa shape index (κ2) is 5.03. The van der Waals surface area contributed by atoms with E-state index in [0.29, 0.717) is 5.92 Å². The van der Waals surface area contributed by atoms with E-state index in [1.54, 1.807) is 0 Å². The summed E-state index contributed by atoms with van der Waals surface area (Å²) in [6, 6.07) is 10.4. The van der Waals surface area contributed by atoms with Crippen molar-refractivity contribution in [1.82, 2.24) is 9.55 Å². The Kier molecular flexibility index (Phi) is 3.79. The fraction of sp³-hybridized carbons (Fsp3) is 0.200. The van der Waals surface area contributed by atoms with Crippen LogP contribution in [-0.4, -0.2) is 9.55 Å². The van der Waals surface area contributed by atoms with Gasteiger partial charge in [-0.3, -0.25) is 4.98 Å². The summed E-state index contributed by atoms with van der Waals surface area (Å²) in [6.07, 6.45) is 1.84. The summed E-state index contributed by atoms with van der Waals surface area (Å²) < 4.78 is 2.01. The predicted octanol–water partition coefficient (Wildman–Crippen LogP) is 3.95. The monoisotopic (exact) mass is 312 g/mol. The minimum atomic E-state index is 0. The zero-order chi connectivity index (χ0) is 12.0. The van der Waals surface area contributed by atoms with E-state index in [-0.39, 0.29) is 32.7 Å². The van der Waals surface area contributed by atoms with Crippen molar-refractivity contribution in [1.29, 1.82) is 0 Å². The van der Waals surface area contributed by atoms with E-state index in [4.69, 9.17) is 0 Å². The maximum Gasteiger partial charge on any atom is 0.0286 e. The number of nitrogens with zero attached hydrogens (tertiary/aromatic N) is 2. The Morgan fingerprint density at radius 3 is 2.67 bits per heavy atom. The average molecular weight is 312 g/mol. The van der Waals surface area contributed by atoms with Gasteiger partial charge in [0.15, 0.2) is 0 Å². The molecule has 1 radical (unpaired) electrons. The molecular formula is C15H15N2Y-. The first-order valence-electron chi connectivity index (χ1n) is 5.89. The molecule has 18 heavy (non-hydrogen) atoms. The molecule has 1 aromatic carbocycles. The van der Waals surface area contributed by atoms with Gasteiger partial charge >= 0.3 is 0 Å². The average Bonchev–Trinajstić information content (AvgIpc) is 2.64. The van der Waals surface area contributed by atoms with E-state index in [9.17, 15) is 0 Å². The second-order valence-electron chi connectivity index (χ2n) is 4.70. The summed E-state index contributed by atoms with van der Waals surface area (Å²) in [4.78, 5) is 4.47. The Morgan fingerprint density at radius 2 is 1.94 bits per heavy atom. The first-order valence-corrected chi connectivity index (χ1v) is 5.89. The minimum absolute atomic E-state index is 0. The van der Waals surface area contributed by atoms with Gasteiger partial charge in [0.25, 0.3) is 0 Å². The number of rotatable bonds is 1. The zero-order valence-corrected chi connectivity index (χ0v) is 13.6. The molecule has 0 aliphatic heterocycles. The van der Waals surface area contributed by atoms with Crippen LogP contribution in [0.2, 0.25) is 0 Å². The van der Waals surface area contributed by atoms with Crippen LogP contribution in [0.5, 0.6) is 0 Å². The normalized spacial score (nSPS) is 11.1. The molecule has 89 valence electrons. The van der Waals surface area contributed by atoms with Crippen molar-refractivity contribution in [2.75, 3.05) is 0 Å². The van der Waals surface area contributed by atoms with Gasteiger partial charge in [-0.05, 0) is 16.8 Å². The predicted molar refractivity (Wildman–Crippen MR) is 72.1 cm³/mol. The van der Waals surface area contributed by atoms with Crippen molar-refractivity contribution in [2.24, 2.45) is 0 Å². The number of hydrogen-bond donors (Lipinski definition) is 0. The van der Waals surface area contributed by atoms with Crippen molar-refractivity contribution >= 4 is 21.9 Å². The molecule has 0 saturated carbocycles. The van der Waals surface area contributed by atoms with Crippen LogP contribution in [0.25, 0.3) is 21.9 Å². The van der Waals surface area contributed by atoms with Gasteiger partial charge in [-0.1, -0.05) is 55.3 Å². The number of benzene rings is 1. The molecule has 2 aromatic heterocycles. The van der Waals surface area contributed by atoms with Gasteiger partial charge in [-0.2, -0.15) is 0 Å². The van der Waals surface area contributed by atoms with Crippen LogP contribution in [0.15, 0.2) is 36.5 Å². The third-order valence-corrected chi connectivity index (χ3v) is 3.29. The number of para-hydroxylation sites is 1. The number of hydrogen-bond acceptors (Lipinski definition) is 1. The van der Waals surface area contributed by atoms with Gasteiger partial charge in [0, 0.05) is 44.4 Å². The molecule has 2 nitrogen and oxygen atoms in total. The largest absolute Gasteiger partial charge is 0.479 e. The van der Waals surface area contributed by atoms with Crippen LogP contribution in [0, 0.1) is 7.05 Å². The number of pyridine rings is 1. The third kappa shape index (κ3) is 1.88. The summed E-state index contributed by atoms with van der Waals surface area (Å²) in [7, 11) is 4.16. The number of fused-ring (bicyclic) bond motifs is 3. The molecule has 3 rings (SSSR count). The third-order valence-electron chi connectivity index (χ3n) is 3.29. The molecule has 3 heteroatoms. The van der Waals surface area contributed by atoms with E-state index in [0.717, 1.165) is 11.0 Å². The topological polar surface area (TPSA) is 17.8 Å². The van der Waals surface area contributed by atoms with Crippen LogP contribution in [0.4, 0.5) is 0 Å². The van der Waals surface area contributed by atoms with Gasteiger partial charge < -0.3 is 4.57 Å². The van der Waals surface area contributed by atoms with E-state index >= 15 is 0 Å². The molecule has 0 spiro atoms. The molecule has 0 aliphatic rings. The summed E-state index contributed by atoms with van der Waals surface area (Å²) in [5, 5.41) is 1.20. The SMILES string of the molecule is [CH2-]n1c2cccnc2c2cccc(C(C)C)c21.[Y]. The molecular weight excluding hydrogens is 297 g/mol. The Labute approximate surface area is 132 Å².